The number of fused-ring (bicyclic) bond motifs is 1. The SMILES string of the molecule is COc1ccc(S(=O)(=O)N2CCC[C@H](c3nc4ccc(C)cc4[nH]3)C2)cn1. The summed E-state index contributed by atoms with van der Waals surface area (Å²) in [5, 5.41) is 0. The summed E-state index contributed by atoms with van der Waals surface area (Å²) in [4.78, 5) is 12.3. The van der Waals surface area contributed by atoms with Crippen LogP contribution in [0.4, 0.5) is 0 Å². The monoisotopic (exact) mass is 386 g/mol. The van der Waals surface area contributed by atoms with Crippen LogP contribution in [-0.4, -0.2) is 47.9 Å². The number of aromatic nitrogens is 3. The van der Waals surface area contributed by atoms with Crippen LogP contribution in [0.2, 0.25) is 0 Å². The average molecular weight is 386 g/mol. The molecule has 1 aromatic carbocycles. The molecule has 27 heavy (non-hydrogen) atoms. The summed E-state index contributed by atoms with van der Waals surface area (Å²) < 4.78 is 32.5. The maximum atomic E-state index is 13.0. The minimum atomic E-state index is -3.59. The molecule has 0 spiro atoms. The van der Waals surface area contributed by atoms with Crippen molar-refractivity contribution in [3.8, 4) is 5.88 Å². The van der Waals surface area contributed by atoms with Crippen molar-refractivity contribution in [2.45, 2.75) is 30.6 Å². The molecule has 3 heterocycles. The molecule has 0 saturated carbocycles. The Morgan fingerprint density at radius 1 is 1.26 bits per heavy atom. The van der Waals surface area contributed by atoms with Gasteiger partial charge in [-0.15, -0.1) is 0 Å². The molecule has 0 unspecified atom stereocenters. The van der Waals surface area contributed by atoms with Gasteiger partial charge < -0.3 is 9.72 Å². The van der Waals surface area contributed by atoms with E-state index in [1.807, 2.05) is 19.1 Å². The topological polar surface area (TPSA) is 88.2 Å². The van der Waals surface area contributed by atoms with Crippen molar-refractivity contribution >= 4 is 21.1 Å². The number of benzene rings is 1. The van der Waals surface area contributed by atoms with E-state index in [0.717, 1.165) is 35.3 Å². The van der Waals surface area contributed by atoms with Crippen LogP contribution in [0.1, 0.15) is 30.1 Å². The van der Waals surface area contributed by atoms with Crippen LogP contribution in [0.3, 0.4) is 0 Å². The summed E-state index contributed by atoms with van der Waals surface area (Å²) in [6.45, 7) is 2.95. The van der Waals surface area contributed by atoms with Gasteiger partial charge in [0.2, 0.25) is 15.9 Å². The Hall–Kier alpha value is -2.45. The average Bonchev–Trinajstić information content (AvgIpc) is 3.11. The van der Waals surface area contributed by atoms with Crippen molar-refractivity contribution in [2.24, 2.45) is 0 Å². The van der Waals surface area contributed by atoms with E-state index >= 15 is 0 Å². The van der Waals surface area contributed by atoms with Gasteiger partial charge in [0.25, 0.3) is 0 Å². The zero-order valence-electron chi connectivity index (χ0n) is 15.3. The number of H-pyrrole nitrogens is 1. The first kappa shape index (κ1) is 17.9. The Bertz CT molecular complexity index is 1060. The first-order valence-electron chi connectivity index (χ1n) is 8.94. The molecule has 142 valence electrons. The molecule has 3 aromatic rings. The van der Waals surface area contributed by atoms with E-state index in [0.29, 0.717) is 19.0 Å². The lowest BCUT2D eigenvalue weighted by Gasteiger charge is -2.30. The first-order valence-corrected chi connectivity index (χ1v) is 10.4. The maximum absolute atomic E-state index is 13.0. The Morgan fingerprint density at radius 3 is 2.85 bits per heavy atom. The lowest BCUT2D eigenvalue weighted by atomic mass is 9.99. The molecular formula is C19H22N4O3S. The normalized spacial score (nSPS) is 18.7. The zero-order chi connectivity index (χ0) is 19.0. The number of ether oxygens (including phenoxy) is 1. The lowest BCUT2D eigenvalue weighted by Crippen LogP contribution is -2.39. The van der Waals surface area contributed by atoms with Crippen LogP contribution in [0.15, 0.2) is 41.4 Å². The van der Waals surface area contributed by atoms with E-state index < -0.39 is 10.0 Å². The molecule has 1 fully saturated rings. The van der Waals surface area contributed by atoms with Gasteiger partial charge in [-0.1, -0.05) is 6.07 Å². The zero-order valence-corrected chi connectivity index (χ0v) is 16.2. The van der Waals surface area contributed by atoms with E-state index in [1.54, 1.807) is 6.07 Å². The van der Waals surface area contributed by atoms with Crippen LogP contribution in [-0.2, 0) is 10.0 Å². The van der Waals surface area contributed by atoms with Crippen LogP contribution >= 0.6 is 0 Å². The number of pyridine rings is 1. The minimum Gasteiger partial charge on any atom is -0.481 e. The fraction of sp³-hybridized carbons (Fsp3) is 0.368. The summed E-state index contributed by atoms with van der Waals surface area (Å²) in [5.74, 6) is 1.29. The number of sulfonamides is 1. The van der Waals surface area contributed by atoms with Gasteiger partial charge >= 0.3 is 0 Å². The molecule has 2 aromatic heterocycles. The Labute approximate surface area is 158 Å². The third-order valence-corrected chi connectivity index (χ3v) is 6.83. The molecule has 0 radical (unpaired) electrons. The molecule has 8 heteroatoms. The number of imidazole rings is 1. The first-order chi connectivity index (χ1) is 13.0. The summed E-state index contributed by atoms with van der Waals surface area (Å²) in [6, 6.07) is 9.18. The van der Waals surface area contributed by atoms with Crippen LogP contribution in [0.25, 0.3) is 11.0 Å². The second-order valence-electron chi connectivity index (χ2n) is 6.88. The van der Waals surface area contributed by atoms with Gasteiger partial charge in [0.05, 0.1) is 24.3 Å². The van der Waals surface area contributed by atoms with Gasteiger partial charge in [0.15, 0.2) is 0 Å². The fourth-order valence-electron chi connectivity index (χ4n) is 3.51. The highest BCUT2D eigenvalue weighted by Gasteiger charge is 2.32. The third-order valence-electron chi connectivity index (χ3n) is 4.98. The van der Waals surface area contributed by atoms with E-state index in [4.69, 9.17) is 4.74 Å². The van der Waals surface area contributed by atoms with Gasteiger partial charge in [0.1, 0.15) is 10.7 Å². The summed E-state index contributed by atoms with van der Waals surface area (Å²) >= 11 is 0. The van der Waals surface area contributed by atoms with Crippen molar-refractivity contribution < 1.29 is 13.2 Å². The number of aryl methyl sites for hydroxylation is 1. The number of methoxy groups -OCH3 is 1. The smallest absolute Gasteiger partial charge is 0.244 e. The Balaban J connectivity index is 1.59. The van der Waals surface area contributed by atoms with E-state index in [1.165, 1.54) is 23.7 Å². The second kappa shape index (κ2) is 6.94. The van der Waals surface area contributed by atoms with Gasteiger partial charge in [-0.05, 0) is 43.5 Å². The second-order valence-corrected chi connectivity index (χ2v) is 8.82. The molecule has 0 aliphatic carbocycles. The van der Waals surface area contributed by atoms with Gasteiger partial charge in [0, 0.05) is 25.1 Å². The number of aromatic amines is 1. The predicted octanol–water partition coefficient (Wildman–Crippen LogP) is 2.84. The maximum Gasteiger partial charge on any atom is 0.244 e. The Kier molecular flexibility index (Phi) is 4.61. The molecule has 1 aliphatic rings. The van der Waals surface area contributed by atoms with Crippen molar-refractivity contribution in [2.75, 3.05) is 20.2 Å². The van der Waals surface area contributed by atoms with Crippen molar-refractivity contribution in [1.82, 2.24) is 19.3 Å². The number of rotatable bonds is 4. The highest BCUT2D eigenvalue weighted by Crippen LogP contribution is 2.30. The number of nitrogens with one attached hydrogen (secondary N) is 1. The van der Waals surface area contributed by atoms with Crippen LogP contribution in [0, 0.1) is 6.92 Å². The van der Waals surface area contributed by atoms with Gasteiger partial charge in [-0.2, -0.15) is 4.31 Å². The molecule has 4 rings (SSSR count). The molecule has 0 bridgehead atoms. The Morgan fingerprint density at radius 2 is 2.11 bits per heavy atom. The number of hydrogen-bond donors (Lipinski definition) is 1. The number of nitrogens with zero attached hydrogens (tertiary/aromatic N) is 3. The molecule has 0 amide bonds. The third kappa shape index (κ3) is 3.42. The molecular weight excluding hydrogens is 364 g/mol. The van der Waals surface area contributed by atoms with Gasteiger partial charge in [-0.25, -0.2) is 18.4 Å². The standard InChI is InChI=1S/C19H22N4O3S/c1-13-5-7-16-17(10-13)22-19(21-16)14-4-3-9-23(12-14)27(24,25)15-6-8-18(26-2)20-11-15/h5-8,10-11,14H,3-4,9,12H2,1-2H3,(H,21,22)/t14-/m0/s1. The molecule has 1 N–H and O–H groups in total. The number of piperidine rings is 1. The van der Waals surface area contributed by atoms with Gasteiger partial charge in [-0.3, -0.25) is 0 Å². The molecule has 1 atom stereocenters. The quantitative estimate of drug-likeness (QED) is 0.745. The fourth-order valence-corrected chi connectivity index (χ4v) is 4.98. The van der Waals surface area contributed by atoms with Crippen molar-refractivity contribution in [1.29, 1.82) is 0 Å². The van der Waals surface area contributed by atoms with E-state index in [2.05, 4.69) is 21.0 Å². The van der Waals surface area contributed by atoms with Crippen LogP contribution < -0.4 is 4.74 Å². The largest absolute Gasteiger partial charge is 0.481 e. The van der Waals surface area contributed by atoms with E-state index in [-0.39, 0.29) is 10.8 Å². The lowest BCUT2D eigenvalue weighted by molar-refractivity contribution is 0.310. The highest BCUT2D eigenvalue weighted by molar-refractivity contribution is 7.89. The van der Waals surface area contributed by atoms with Crippen LogP contribution in [0.5, 0.6) is 5.88 Å². The predicted molar refractivity (Wildman–Crippen MR) is 102 cm³/mol. The minimum absolute atomic E-state index is 0.0486. The van der Waals surface area contributed by atoms with Crippen molar-refractivity contribution in [3.05, 3.63) is 47.9 Å². The summed E-state index contributed by atoms with van der Waals surface area (Å²) in [7, 11) is -2.09. The van der Waals surface area contributed by atoms with E-state index in [9.17, 15) is 8.42 Å². The summed E-state index contributed by atoms with van der Waals surface area (Å²) in [6.07, 6.45) is 3.05. The number of hydrogen-bond acceptors (Lipinski definition) is 5. The van der Waals surface area contributed by atoms with Crippen molar-refractivity contribution in [3.63, 3.8) is 0 Å². The highest BCUT2D eigenvalue weighted by atomic mass is 32.2. The molecule has 7 nitrogen and oxygen atoms in total. The molecule has 1 aliphatic heterocycles. The molecule has 1 saturated heterocycles. The summed E-state index contributed by atoms with van der Waals surface area (Å²) in [5.41, 5.74) is 3.07.